The molecule has 2 N–H and O–H groups in total. The number of carbonyl (C=O) groups is 1. The number of benzene rings is 3. The quantitative estimate of drug-likeness (QED) is 0.513. The molecule has 0 unspecified atom stereocenters. The monoisotopic (exact) mass is 454 g/mol. The second-order valence-corrected chi connectivity index (χ2v) is 8.94. The lowest BCUT2D eigenvalue weighted by atomic mass is 10.1. The van der Waals surface area contributed by atoms with Crippen LogP contribution in [0.1, 0.15) is 16.7 Å². The summed E-state index contributed by atoms with van der Waals surface area (Å²) in [5.74, 6) is 0.784. The third-order valence-electron chi connectivity index (χ3n) is 4.93. The Bertz CT molecular complexity index is 1190. The standard InChI is InChI=1S/C24H26N2O5S/c1-17-8-9-20(14-18(17)2)26-32(28,29)22-12-10-21(11-13-22)31-16-24(27)25-15-19-6-4-5-7-23(19)30-3/h4-14,26H,15-16H2,1-3H3,(H,25,27). The zero-order valence-electron chi connectivity index (χ0n) is 18.2. The molecule has 0 radical (unpaired) electrons. The van der Waals surface area contributed by atoms with E-state index in [4.69, 9.17) is 9.47 Å². The van der Waals surface area contributed by atoms with E-state index >= 15 is 0 Å². The molecule has 0 saturated carbocycles. The number of hydrogen-bond donors (Lipinski definition) is 2. The highest BCUT2D eigenvalue weighted by atomic mass is 32.2. The molecule has 168 valence electrons. The Labute approximate surface area is 188 Å². The van der Waals surface area contributed by atoms with Crippen molar-refractivity contribution in [2.75, 3.05) is 18.4 Å². The number of para-hydroxylation sites is 1. The van der Waals surface area contributed by atoms with Crippen LogP contribution in [-0.4, -0.2) is 28.0 Å². The first-order valence-corrected chi connectivity index (χ1v) is 11.5. The van der Waals surface area contributed by atoms with Crippen LogP contribution in [0.15, 0.2) is 71.6 Å². The highest BCUT2D eigenvalue weighted by molar-refractivity contribution is 7.92. The van der Waals surface area contributed by atoms with Crippen molar-refractivity contribution in [3.05, 3.63) is 83.4 Å². The largest absolute Gasteiger partial charge is 0.496 e. The molecule has 3 rings (SSSR count). The molecule has 0 saturated heterocycles. The molecule has 0 aliphatic heterocycles. The molecule has 0 aliphatic carbocycles. The molecular weight excluding hydrogens is 428 g/mol. The Hall–Kier alpha value is -3.52. The minimum absolute atomic E-state index is 0.101. The summed E-state index contributed by atoms with van der Waals surface area (Å²) in [6, 6.07) is 18.7. The first-order valence-electron chi connectivity index (χ1n) is 10.00. The fourth-order valence-corrected chi connectivity index (χ4v) is 4.03. The summed E-state index contributed by atoms with van der Waals surface area (Å²) < 4.78 is 38.5. The van der Waals surface area contributed by atoms with Crippen LogP contribution in [0.3, 0.4) is 0 Å². The number of ether oxygens (including phenoxy) is 2. The van der Waals surface area contributed by atoms with Gasteiger partial charge < -0.3 is 14.8 Å². The molecular formula is C24H26N2O5S. The van der Waals surface area contributed by atoms with Crippen molar-refractivity contribution in [3.8, 4) is 11.5 Å². The van der Waals surface area contributed by atoms with Crippen LogP contribution >= 0.6 is 0 Å². The minimum atomic E-state index is -3.73. The SMILES string of the molecule is COc1ccccc1CNC(=O)COc1ccc(S(=O)(=O)Nc2ccc(C)c(C)c2)cc1. The second kappa shape index (κ2) is 10.2. The van der Waals surface area contributed by atoms with Gasteiger partial charge in [0.15, 0.2) is 6.61 Å². The predicted octanol–water partition coefficient (Wildman–Crippen LogP) is 3.81. The molecule has 0 fully saturated rings. The van der Waals surface area contributed by atoms with Crippen molar-refractivity contribution in [2.24, 2.45) is 0 Å². The van der Waals surface area contributed by atoms with Gasteiger partial charge in [0, 0.05) is 17.8 Å². The summed E-state index contributed by atoms with van der Waals surface area (Å²) in [7, 11) is -2.16. The highest BCUT2D eigenvalue weighted by Crippen LogP contribution is 2.21. The van der Waals surface area contributed by atoms with Gasteiger partial charge in [-0.3, -0.25) is 9.52 Å². The van der Waals surface area contributed by atoms with Gasteiger partial charge in [0.25, 0.3) is 15.9 Å². The van der Waals surface area contributed by atoms with Crippen molar-refractivity contribution >= 4 is 21.6 Å². The Kier molecular flexibility index (Phi) is 7.37. The number of nitrogens with one attached hydrogen (secondary N) is 2. The Morgan fingerprint density at radius 1 is 0.938 bits per heavy atom. The average Bonchev–Trinajstić information content (AvgIpc) is 2.79. The van der Waals surface area contributed by atoms with Gasteiger partial charge in [-0.15, -0.1) is 0 Å². The lowest BCUT2D eigenvalue weighted by molar-refractivity contribution is -0.123. The lowest BCUT2D eigenvalue weighted by Crippen LogP contribution is -2.28. The van der Waals surface area contributed by atoms with Crippen LogP contribution in [0.4, 0.5) is 5.69 Å². The number of amides is 1. The summed E-state index contributed by atoms with van der Waals surface area (Å²) in [6.45, 7) is 4.01. The number of anilines is 1. The van der Waals surface area contributed by atoms with E-state index in [2.05, 4.69) is 10.0 Å². The van der Waals surface area contributed by atoms with Crippen LogP contribution in [0.5, 0.6) is 11.5 Å². The molecule has 0 spiro atoms. The van der Waals surface area contributed by atoms with Crippen LogP contribution in [-0.2, 0) is 21.4 Å². The zero-order valence-corrected chi connectivity index (χ0v) is 19.0. The fourth-order valence-electron chi connectivity index (χ4n) is 2.98. The van der Waals surface area contributed by atoms with Crippen LogP contribution < -0.4 is 19.5 Å². The van der Waals surface area contributed by atoms with Gasteiger partial charge in [-0.25, -0.2) is 8.42 Å². The molecule has 0 aliphatic rings. The van der Waals surface area contributed by atoms with Crippen molar-refractivity contribution in [2.45, 2.75) is 25.3 Å². The molecule has 0 atom stereocenters. The number of carbonyl (C=O) groups excluding carboxylic acids is 1. The Morgan fingerprint density at radius 2 is 1.66 bits per heavy atom. The first kappa shape index (κ1) is 23.1. The minimum Gasteiger partial charge on any atom is -0.496 e. The van der Waals surface area contributed by atoms with Gasteiger partial charge in [0.1, 0.15) is 11.5 Å². The molecule has 7 nitrogen and oxygen atoms in total. The van der Waals surface area contributed by atoms with Gasteiger partial charge >= 0.3 is 0 Å². The second-order valence-electron chi connectivity index (χ2n) is 7.25. The summed E-state index contributed by atoms with van der Waals surface area (Å²) >= 11 is 0. The number of methoxy groups -OCH3 is 1. The molecule has 3 aromatic carbocycles. The molecule has 3 aromatic rings. The van der Waals surface area contributed by atoms with Gasteiger partial charge in [-0.1, -0.05) is 24.3 Å². The van der Waals surface area contributed by atoms with E-state index in [9.17, 15) is 13.2 Å². The van der Waals surface area contributed by atoms with E-state index in [1.807, 2.05) is 44.2 Å². The van der Waals surface area contributed by atoms with E-state index in [0.29, 0.717) is 23.7 Å². The predicted molar refractivity (Wildman–Crippen MR) is 124 cm³/mol. The summed E-state index contributed by atoms with van der Waals surface area (Å²) in [5, 5.41) is 2.77. The zero-order chi connectivity index (χ0) is 23.1. The topological polar surface area (TPSA) is 93.7 Å². The maximum Gasteiger partial charge on any atom is 0.261 e. The first-order chi connectivity index (χ1) is 15.3. The van der Waals surface area contributed by atoms with Crippen LogP contribution in [0.2, 0.25) is 0 Å². The van der Waals surface area contributed by atoms with E-state index < -0.39 is 10.0 Å². The molecule has 1 amide bonds. The average molecular weight is 455 g/mol. The van der Waals surface area contributed by atoms with Crippen molar-refractivity contribution in [1.29, 1.82) is 0 Å². The van der Waals surface area contributed by atoms with Crippen LogP contribution in [0, 0.1) is 13.8 Å². The summed E-state index contributed by atoms with van der Waals surface area (Å²) in [5.41, 5.74) is 3.44. The van der Waals surface area contributed by atoms with E-state index in [1.165, 1.54) is 24.3 Å². The molecule has 0 bridgehead atoms. The van der Waals surface area contributed by atoms with Gasteiger partial charge in [-0.05, 0) is 67.4 Å². The maximum absolute atomic E-state index is 12.6. The Morgan fingerprint density at radius 3 is 2.34 bits per heavy atom. The van der Waals surface area contributed by atoms with E-state index in [0.717, 1.165) is 16.7 Å². The smallest absolute Gasteiger partial charge is 0.261 e. The van der Waals surface area contributed by atoms with Gasteiger partial charge in [0.05, 0.1) is 12.0 Å². The number of sulfonamides is 1. The Balaban J connectivity index is 1.54. The normalized spacial score (nSPS) is 11.0. The van der Waals surface area contributed by atoms with E-state index in [1.54, 1.807) is 19.2 Å². The lowest BCUT2D eigenvalue weighted by Gasteiger charge is -2.12. The number of aryl methyl sites for hydroxylation is 2. The van der Waals surface area contributed by atoms with Crippen molar-refractivity contribution in [3.63, 3.8) is 0 Å². The van der Waals surface area contributed by atoms with Gasteiger partial charge in [-0.2, -0.15) is 0 Å². The third-order valence-corrected chi connectivity index (χ3v) is 6.33. The van der Waals surface area contributed by atoms with Crippen molar-refractivity contribution < 1.29 is 22.7 Å². The fraction of sp³-hybridized carbons (Fsp3) is 0.208. The molecule has 0 heterocycles. The maximum atomic E-state index is 12.6. The summed E-state index contributed by atoms with van der Waals surface area (Å²) in [4.78, 5) is 12.2. The summed E-state index contributed by atoms with van der Waals surface area (Å²) in [6.07, 6.45) is 0. The number of hydrogen-bond acceptors (Lipinski definition) is 5. The highest BCUT2D eigenvalue weighted by Gasteiger charge is 2.15. The molecule has 0 aromatic heterocycles. The van der Waals surface area contributed by atoms with Gasteiger partial charge in [0.2, 0.25) is 0 Å². The third kappa shape index (κ3) is 6.01. The van der Waals surface area contributed by atoms with Crippen molar-refractivity contribution in [1.82, 2.24) is 5.32 Å². The number of rotatable bonds is 9. The van der Waals surface area contributed by atoms with Crippen LogP contribution in [0.25, 0.3) is 0 Å². The van der Waals surface area contributed by atoms with E-state index in [-0.39, 0.29) is 17.4 Å². The molecule has 8 heteroatoms. The molecule has 32 heavy (non-hydrogen) atoms.